The molecular weight excluding hydrogens is 281 g/mol. The van der Waals surface area contributed by atoms with E-state index in [1.54, 1.807) is 6.92 Å². The second-order valence-corrected chi connectivity index (χ2v) is 5.03. The first-order valence-corrected chi connectivity index (χ1v) is 6.71. The fourth-order valence-electron chi connectivity index (χ4n) is 1.49. The first kappa shape index (κ1) is 14.3. The van der Waals surface area contributed by atoms with Crippen LogP contribution in [0.2, 0.25) is 0 Å². The Morgan fingerprint density at radius 3 is 2.45 bits per heavy atom. The van der Waals surface area contributed by atoms with Crippen LogP contribution in [0.3, 0.4) is 0 Å². The van der Waals surface area contributed by atoms with Crippen LogP contribution in [0.1, 0.15) is 5.56 Å². The molecule has 1 unspecified atom stereocenters. The summed E-state index contributed by atoms with van der Waals surface area (Å²) < 4.78 is 35.0. The lowest BCUT2D eigenvalue weighted by atomic mass is 10.2. The normalized spacial score (nSPS) is 12.8. The smallest absolute Gasteiger partial charge is 0.152 e. The first-order valence-electron chi connectivity index (χ1n) is 5.64. The van der Waals surface area contributed by atoms with Crippen LogP contribution in [0.25, 0.3) is 0 Å². The largest absolute Gasteiger partial charge is 0.768 e. The van der Waals surface area contributed by atoms with Crippen molar-refractivity contribution in [3.8, 4) is 0 Å². The second-order valence-electron chi connectivity index (χ2n) is 4.09. The number of anilines is 1. The number of aryl methyl sites for hydroxylation is 1. The van der Waals surface area contributed by atoms with Crippen LogP contribution in [0.15, 0.2) is 51.5 Å². The lowest BCUT2D eigenvalue weighted by Crippen LogP contribution is -1.90. The number of nitrogens with zero attached hydrogens (tertiary/aromatic N) is 2. The molecule has 0 aliphatic rings. The van der Waals surface area contributed by atoms with Gasteiger partial charge in [0.2, 0.25) is 0 Å². The monoisotopic (exact) mass is 292 g/mol. The van der Waals surface area contributed by atoms with Gasteiger partial charge in [-0.05, 0) is 60.0 Å². The Balaban J connectivity index is 2.25. The van der Waals surface area contributed by atoms with Crippen LogP contribution >= 0.6 is 0 Å². The SMILES string of the molecule is Cc1cc(N=Nc2ccc(S(=O)[O-])cc2)c(F)cc1N. The molecule has 0 spiro atoms. The molecule has 2 rings (SSSR count). The Morgan fingerprint density at radius 2 is 1.85 bits per heavy atom. The summed E-state index contributed by atoms with van der Waals surface area (Å²) in [6, 6.07) is 8.43. The van der Waals surface area contributed by atoms with E-state index >= 15 is 0 Å². The van der Waals surface area contributed by atoms with Crippen LogP contribution in [0.4, 0.5) is 21.5 Å². The van der Waals surface area contributed by atoms with E-state index in [1.807, 2.05) is 0 Å². The summed E-state index contributed by atoms with van der Waals surface area (Å²) in [5, 5.41) is 7.64. The lowest BCUT2D eigenvalue weighted by Gasteiger charge is -2.04. The zero-order valence-corrected chi connectivity index (χ0v) is 11.4. The minimum Gasteiger partial charge on any atom is -0.768 e. The van der Waals surface area contributed by atoms with Gasteiger partial charge in [0, 0.05) is 10.6 Å². The van der Waals surface area contributed by atoms with E-state index in [9.17, 15) is 13.2 Å². The summed E-state index contributed by atoms with van der Waals surface area (Å²) in [5.74, 6) is -0.561. The molecule has 2 aromatic rings. The van der Waals surface area contributed by atoms with Crippen LogP contribution in [-0.2, 0) is 11.1 Å². The van der Waals surface area contributed by atoms with Gasteiger partial charge in [0.25, 0.3) is 0 Å². The molecule has 0 saturated carbocycles. The summed E-state index contributed by atoms with van der Waals surface area (Å²) in [4.78, 5) is 0.151. The molecule has 0 fully saturated rings. The highest BCUT2D eigenvalue weighted by Gasteiger charge is 2.04. The van der Waals surface area contributed by atoms with Crippen molar-refractivity contribution in [1.29, 1.82) is 0 Å². The van der Waals surface area contributed by atoms with Gasteiger partial charge >= 0.3 is 0 Å². The molecule has 20 heavy (non-hydrogen) atoms. The van der Waals surface area contributed by atoms with Crippen LogP contribution < -0.4 is 5.73 Å². The van der Waals surface area contributed by atoms with Crippen LogP contribution in [0.5, 0.6) is 0 Å². The van der Waals surface area contributed by atoms with Crippen molar-refractivity contribution >= 4 is 28.1 Å². The van der Waals surface area contributed by atoms with Gasteiger partial charge in [0.1, 0.15) is 5.69 Å². The van der Waals surface area contributed by atoms with E-state index in [0.717, 1.165) is 0 Å². The maximum atomic E-state index is 13.6. The van der Waals surface area contributed by atoms with Crippen molar-refractivity contribution in [1.82, 2.24) is 0 Å². The number of hydrogen-bond acceptors (Lipinski definition) is 5. The summed E-state index contributed by atoms with van der Waals surface area (Å²) in [6.07, 6.45) is 0. The highest BCUT2D eigenvalue weighted by Crippen LogP contribution is 2.26. The number of nitrogen functional groups attached to an aromatic ring is 1. The van der Waals surface area contributed by atoms with Gasteiger partial charge < -0.3 is 10.3 Å². The Labute approximate surface area is 117 Å². The predicted octanol–water partition coefficient (Wildman–Crippen LogP) is 3.37. The zero-order valence-electron chi connectivity index (χ0n) is 10.5. The summed E-state index contributed by atoms with van der Waals surface area (Å²) in [6.45, 7) is 1.74. The fraction of sp³-hybridized carbons (Fsp3) is 0.0769. The maximum absolute atomic E-state index is 13.6. The Kier molecular flexibility index (Phi) is 4.21. The van der Waals surface area contributed by atoms with Crippen molar-refractivity contribution < 1.29 is 13.2 Å². The van der Waals surface area contributed by atoms with Crippen LogP contribution in [0, 0.1) is 12.7 Å². The number of hydrogen-bond donors (Lipinski definition) is 1. The maximum Gasteiger partial charge on any atom is 0.152 e. The quantitative estimate of drug-likeness (QED) is 0.534. The molecule has 2 aromatic carbocycles. The van der Waals surface area contributed by atoms with E-state index in [4.69, 9.17) is 5.73 Å². The fourth-order valence-corrected chi connectivity index (χ4v) is 1.85. The Bertz CT molecular complexity index is 687. The van der Waals surface area contributed by atoms with Gasteiger partial charge in [0.15, 0.2) is 5.82 Å². The predicted molar refractivity (Wildman–Crippen MR) is 73.4 cm³/mol. The molecule has 0 radical (unpaired) electrons. The first-order chi connectivity index (χ1) is 9.47. The molecule has 0 saturated heterocycles. The summed E-state index contributed by atoms with van der Waals surface area (Å²) in [7, 11) is 0. The average molecular weight is 292 g/mol. The minimum absolute atomic E-state index is 0.0770. The van der Waals surface area contributed by atoms with Gasteiger partial charge in [-0.25, -0.2) is 4.39 Å². The van der Waals surface area contributed by atoms with Gasteiger partial charge in [-0.2, -0.15) is 5.11 Å². The molecule has 0 heterocycles. The van der Waals surface area contributed by atoms with Crippen molar-refractivity contribution in [2.45, 2.75) is 11.8 Å². The number of benzene rings is 2. The standard InChI is InChI=1S/C13H12FN3O2S/c1-8-6-13(11(14)7-12(8)15)17-16-9-2-4-10(5-3-9)20(18)19/h2-7H,15H2,1H3,(H,18,19)/p-1. The Hall–Kier alpha value is -2.12. The van der Waals surface area contributed by atoms with E-state index in [0.29, 0.717) is 16.9 Å². The molecule has 0 aliphatic heterocycles. The minimum atomic E-state index is -2.28. The van der Waals surface area contributed by atoms with Crippen molar-refractivity contribution in [3.05, 3.63) is 47.8 Å². The van der Waals surface area contributed by atoms with E-state index in [-0.39, 0.29) is 10.6 Å². The Morgan fingerprint density at radius 1 is 1.20 bits per heavy atom. The van der Waals surface area contributed by atoms with Crippen molar-refractivity contribution in [2.75, 3.05) is 5.73 Å². The van der Waals surface area contributed by atoms with Gasteiger partial charge in [-0.15, -0.1) is 5.11 Å². The van der Waals surface area contributed by atoms with Gasteiger partial charge in [-0.1, -0.05) is 0 Å². The average Bonchev–Trinajstić information content (AvgIpc) is 2.42. The lowest BCUT2D eigenvalue weighted by molar-refractivity contribution is 0.537. The number of halogens is 1. The topological polar surface area (TPSA) is 90.9 Å². The highest BCUT2D eigenvalue weighted by molar-refractivity contribution is 7.79. The molecule has 7 heteroatoms. The zero-order chi connectivity index (χ0) is 14.7. The van der Waals surface area contributed by atoms with Gasteiger partial charge in [-0.3, -0.25) is 4.21 Å². The summed E-state index contributed by atoms with van der Waals surface area (Å²) in [5.41, 5.74) is 7.13. The van der Waals surface area contributed by atoms with Crippen molar-refractivity contribution in [2.24, 2.45) is 10.2 Å². The van der Waals surface area contributed by atoms with Gasteiger partial charge in [0.05, 0.1) is 5.69 Å². The molecule has 5 nitrogen and oxygen atoms in total. The molecule has 0 bridgehead atoms. The second kappa shape index (κ2) is 5.89. The molecule has 0 amide bonds. The molecule has 1 atom stereocenters. The summed E-state index contributed by atoms with van der Waals surface area (Å²) >= 11 is -2.28. The number of nitrogens with two attached hydrogens (primary N) is 1. The highest BCUT2D eigenvalue weighted by atomic mass is 32.2. The van der Waals surface area contributed by atoms with Crippen molar-refractivity contribution in [3.63, 3.8) is 0 Å². The molecular formula is C13H11FN3O2S-. The van der Waals surface area contributed by atoms with E-state index in [2.05, 4.69) is 10.2 Å². The van der Waals surface area contributed by atoms with E-state index in [1.165, 1.54) is 36.4 Å². The molecule has 104 valence electrons. The molecule has 2 N–H and O–H groups in total. The number of azo groups is 1. The number of rotatable bonds is 3. The van der Waals surface area contributed by atoms with E-state index < -0.39 is 16.9 Å². The molecule has 0 aliphatic carbocycles. The van der Waals surface area contributed by atoms with Crippen LogP contribution in [-0.4, -0.2) is 8.76 Å². The third-order valence-electron chi connectivity index (χ3n) is 2.64. The molecule has 0 aromatic heterocycles. The third kappa shape index (κ3) is 3.25. The third-order valence-corrected chi connectivity index (χ3v) is 3.29.